The number of anilines is 1. The van der Waals surface area contributed by atoms with Gasteiger partial charge in [0.1, 0.15) is 5.82 Å². The van der Waals surface area contributed by atoms with Gasteiger partial charge in [-0.1, -0.05) is 59.5 Å². The average molecular weight is 476 g/mol. The van der Waals surface area contributed by atoms with Gasteiger partial charge in [-0.25, -0.2) is 12.8 Å². The van der Waals surface area contributed by atoms with Crippen LogP contribution in [0.25, 0.3) is 0 Å². The maximum atomic E-state index is 13.7. The van der Waals surface area contributed by atoms with E-state index in [0.717, 1.165) is 11.3 Å². The summed E-state index contributed by atoms with van der Waals surface area (Å²) in [5, 5.41) is 10.2. The molecule has 0 spiro atoms. The monoisotopic (exact) mass is 475 g/mol. The molecule has 2 aromatic carbocycles. The SMILES string of the molecule is O=C(Nc1nnc(SCc2ccccc2F)s1)c1ccc(S(=O)(=O)c2ccccc2)o1. The lowest BCUT2D eigenvalue weighted by Crippen LogP contribution is -2.10. The molecule has 4 rings (SSSR count). The van der Waals surface area contributed by atoms with E-state index in [0.29, 0.717) is 15.7 Å². The summed E-state index contributed by atoms with van der Waals surface area (Å²) in [6.45, 7) is 0. The van der Waals surface area contributed by atoms with Crippen LogP contribution >= 0.6 is 23.1 Å². The van der Waals surface area contributed by atoms with Gasteiger partial charge in [0.15, 0.2) is 10.1 Å². The Labute approximate surface area is 185 Å². The van der Waals surface area contributed by atoms with Crippen LogP contribution in [0.4, 0.5) is 9.52 Å². The molecular formula is C20H14FN3O4S3. The molecule has 0 bridgehead atoms. The molecule has 7 nitrogen and oxygen atoms in total. The molecule has 11 heteroatoms. The van der Waals surface area contributed by atoms with E-state index in [1.807, 2.05) is 0 Å². The van der Waals surface area contributed by atoms with Gasteiger partial charge in [0.25, 0.3) is 5.91 Å². The van der Waals surface area contributed by atoms with Gasteiger partial charge in [-0.15, -0.1) is 10.2 Å². The number of sulfone groups is 1. The van der Waals surface area contributed by atoms with Gasteiger partial charge < -0.3 is 4.42 Å². The number of furan rings is 1. The van der Waals surface area contributed by atoms with Crippen LogP contribution in [-0.2, 0) is 15.6 Å². The fourth-order valence-corrected chi connectivity index (χ4v) is 5.46. The van der Waals surface area contributed by atoms with Gasteiger partial charge in [0, 0.05) is 5.75 Å². The van der Waals surface area contributed by atoms with E-state index in [2.05, 4.69) is 15.5 Å². The molecule has 1 N–H and O–H groups in total. The second-order valence-electron chi connectivity index (χ2n) is 6.14. The van der Waals surface area contributed by atoms with Crippen LogP contribution in [0.3, 0.4) is 0 Å². The summed E-state index contributed by atoms with van der Waals surface area (Å²) < 4.78 is 44.7. The number of nitrogens with one attached hydrogen (secondary N) is 1. The molecule has 1 amide bonds. The van der Waals surface area contributed by atoms with Crippen LogP contribution in [0.15, 0.2) is 85.5 Å². The zero-order valence-electron chi connectivity index (χ0n) is 15.7. The Morgan fingerprint density at radius 3 is 2.55 bits per heavy atom. The number of hydrogen-bond donors (Lipinski definition) is 1. The minimum Gasteiger partial charge on any atom is -0.439 e. The molecule has 158 valence electrons. The van der Waals surface area contributed by atoms with E-state index >= 15 is 0 Å². The van der Waals surface area contributed by atoms with Crippen LogP contribution < -0.4 is 5.32 Å². The second-order valence-corrected chi connectivity index (χ2v) is 10.2. The third kappa shape index (κ3) is 4.84. The number of carbonyl (C=O) groups excluding carboxylic acids is 1. The molecule has 0 saturated carbocycles. The molecule has 0 aliphatic rings. The van der Waals surface area contributed by atoms with E-state index in [4.69, 9.17) is 4.42 Å². The maximum Gasteiger partial charge on any atom is 0.293 e. The van der Waals surface area contributed by atoms with Crippen molar-refractivity contribution in [3.63, 3.8) is 0 Å². The summed E-state index contributed by atoms with van der Waals surface area (Å²) in [5.41, 5.74) is 0.538. The lowest BCUT2D eigenvalue weighted by Gasteiger charge is -2.01. The zero-order chi connectivity index (χ0) is 21.8. The van der Waals surface area contributed by atoms with Crippen LogP contribution in [-0.4, -0.2) is 24.5 Å². The normalized spacial score (nSPS) is 11.4. The minimum atomic E-state index is -3.86. The van der Waals surface area contributed by atoms with E-state index < -0.39 is 15.7 Å². The summed E-state index contributed by atoms with van der Waals surface area (Å²) in [6, 6.07) is 16.7. The molecule has 4 aromatic rings. The maximum absolute atomic E-state index is 13.7. The van der Waals surface area contributed by atoms with E-state index in [9.17, 15) is 17.6 Å². The minimum absolute atomic E-state index is 0.0666. The van der Waals surface area contributed by atoms with Crippen LogP contribution in [0.5, 0.6) is 0 Å². The Hall–Kier alpha value is -3.02. The van der Waals surface area contributed by atoms with Gasteiger partial charge in [0.05, 0.1) is 4.90 Å². The first kappa shape index (κ1) is 21.2. The number of aromatic nitrogens is 2. The highest BCUT2D eigenvalue weighted by Crippen LogP contribution is 2.29. The molecule has 0 aliphatic carbocycles. The van der Waals surface area contributed by atoms with E-state index in [1.165, 1.54) is 42.1 Å². The lowest BCUT2D eigenvalue weighted by atomic mass is 10.2. The Bertz CT molecular complexity index is 1320. The van der Waals surface area contributed by atoms with Gasteiger partial charge in [0.2, 0.25) is 20.1 Å². The van der Waals surface area contributed by atoms with Gasteiger partial charge in [-0.3, -0.25) is 10.1 Å². The van der Waals surface area contributed by atoms with Crippen molar-refractivity contribution >= 4 is 44.0 Å². The van der Waals surface area contributed by atoms with Crippen molar-refractivity contribution < 1.29 is 22.0 Å². The molecular weight excluding hydrogens is 461 g/mol. The number of halogens is 1. The number of thioether (sulfide) groups is 1. The molecule has 2 heterocycles. The Balaban J connectivity index is 1.41. The smallest absolute Gasteiger partial charge is 0.293 e. The fraction of sp³-hybridized carbons (Fsp3) is 0.0500. The first-order valence-corrected chi connectivity index (χ1v) is 12.1. The van der Waals surface area contributed by atoms with Crippen molar-refractivity contribution in [1.82, 2.24) is 10.2 Å². The summed E-state index contributed by atoms with van der Waals surface area (Å²) in [6.07, 6.45) is 0. The molecule has 2 aromatic heterocycles. The summed E-state index contributed by atoms with van der Waals surface area (Å²) in [5.74, 6) is -0.762. The van der Waals surface area contributed by atoms with Crippen molar-refractivity contribution in [1.29, 1.82) is 0 Å². The number of carbonyl (C=O) groups is 1. The number of nitrogens with zero attached hydrogens (tertiary/aromatic N) is 2. The van der Waals surface area contributed by atoms with E-state index in [1.54, 1.807) is 36.4 Å². The first-order valence-electron chi connectivity index (χ1n) is 8.84. The summed E-state index contributed by atoms with van der Waals surface area (Å²) >= 11 is 2.40. The highest BCUT2D eigenvalue weighted by molar-refractivity contribution is 8.00. The van der Waals surface area contributed by atoms with Crippen molar-refractivity contribution in [3.05, 3.63) is 83.9 Å². The number of hydrogen-bond acceptors (Lipinski definition) is 8. The molecule has 0 saturated heterocycles. The predicted octanol–water partition coefficient (Wildman–Crippen LogP) is 4.65. The third-order valence-corrected chi connectivity index (χ3v) is 7.72. The van der Waals surface area contributed by atoms with Crippen LogP contribution in [0, 0.1) is 5.82 Å². The zero-order valence-corrected chi connectivity index (χ0v) is 18.1. The van der Waals surface area contributed by atoms with Crippen molar-refractivity contribution in [2.45, 2.75) is 20.1 Å². The fourth-order valence-electron chi connectivity index (χ4n) is 2.53. The van der Waals surface area contributed by atoms with Crippen molar-refractivity contribution in [3.8, 4) is 0 Å². The Kier molecular flexibility index (Phi) is 6.16. The first-order chi connectivity index (χ1) is 14.9. The molecule has 0 aliphatic heterocycles. The molecule has 31 heavy (non-hydrogen) atoms. The molecule has 0 atom stereocenters. The predicted molar refractivity (Wildman–Crippen MR) is 114 cm³/mol. The van der Waals surface area contributed by atoms with E-state index in [-0.39, 0.29) is 26.7 Å². The summed E-state index contributed by atoms with van der Waals surface area (Å²) in [4.78, 5) is 12.5. The second kappa shape index (κ2) is 9.00. The van der Waals surface area contributed by atoms with Gasteiger partial charge >= 0.3 is 0 Å². The molecule has 0 radical (unpaired) electrons. The number of amides is 1. The largest absolute Gasteiger partial charge is 0.439 e. The lowest BCUT2D eigenvalue weighted by molar-refractivity contribution is 0.0991. The highest BCUT2D eigenvalue weighted by atomic mass is 32.2. The molecule has 0 unspecified atom stereocenters. The molecule has 0 fully saturated rings. The topological polar surface area (TPSA) is 102 Å². The Morgan fingerprint density at radius 2 is 1.77 bits per heavy atom. The third-order valence-electron chi connectivity index (χ3n) is 4.06. The van der Waals surface area contributed by atoms with Gasteiger partial charge in [-0.2, -0.15) is 0 Å². The van der Waals surface area contributed by atoms with Crippen molar-refractivity contribution in [2.24, 2.45) is 0 Å². The number of benzene rings is 2. The van der Waals surface area contributed by atoms with Crippen LogP contribution in [0.1, 0.15) is 16.1 Å². The average Bonchev–Trinajstić information content (AvgIpc) is 3.44. The van der Waals surface area contributed by atoms with Gasteiger partial charge in [-0.05, 0) is 35.9 Å². The Morgan fingerprint density at radius 1 is 1.03 bits per heavy atom. The van der Waals surface area contributed by atoms with Crippen molar-refractivity contribution in [2.75, 3.05) is 5.32 Å². The van der Waals surface area contributed by atoms with Crippen LogP contribution in [0.2, 0.25) is 0 Å². The summed E-state index contributed by atoms with van der Waals surface area (Å²) in [7, 11) is -3.86. The highest BCUT2D eigenvalue weighted by Gasteiger charge is 2.23. The number of rotatable bonds is 7. The quantitative estimate of drug-likeness (QED) is 0.307. The standard InChI is InChI=1S/C20H14FN3O4S3/c21-15-9-5-4-6-13(15)12-29-20-24-23-19(30-20)22-18(25)16-10-11-17(28-16)31(26,27)14-7-2-1-3-8-14/h1-11H,12H2,(H,22,23,25).